The Morgan fingerprint density at radius 3 is 2.74 bits per heavy atom. The lowest BCUT2D eigenvalue weighted by Crippen LogP contribution is -2.24. The first kappa shape index (κ1) is 15.9. The van der Waals surface area contributed by atoms with Gasteiger partial charge in [0.15, 0.2) is 0 Å². The summed E-state index contributed by atoms with van der Waals surface area (Å²) in [5.41, 5.74) is 1.61. The quantitative estimate of drug-likeness (QED) is 0.750. The van der Waals surface area contributed by atoms with Crippen LogP contribution in [0.5, 0.6) is 0 Å². The van der Waals surface area contributed by atoms with Crippen LogP contribution in [0.4, 0.5) is 5.69 Å². The molecular formula is C15H22N2OS. The maximum absolute atomic E-state index is 9.32. The van der Waals surface area contributed by atoms with Crippen molar-refractivity contribution in [1.82, 2.24) is 0 Å². The van der Waals surface area contributed by atoms with E-state index in [1.54, 1.807) is 11.8 Å². The van der Waals surface area contributed by atoms with Crippen LogP contribution in [-0.4, -0.2) is 24.0 Å². The lowest BCUT2D eigenvalue weighted by molar-refractivity contribution is 0.220. The Kier molecular flexibility index (Phi) is 6.20. The predicted molar refractivity (Wildman–Crippen MR) is 81.5 cm³/mol. The molecule has 1 aromatic carbocycles. The fourth-order valence-electron chi connectivity index (χ4n) is 1.80. The van der Waals surface area contributed by atoms with Crippen molar-refractivity contribution in [2.75, 3.05) is 24.2 Å². The first-order valence-electron chi connectivity index (χ1n) is 6.54. The highest BCUT2D eigenvalue weighted by Gasteiger charge is 2.18. The van der Waals surface area contributed by atoms with Crippen molar-refractivity contribution in [2.24, 2.45) is 5.41 Å². The molecule has 0 unspecified atom stereocenters. The van der Waals surface area contributed by atoms with Gasteiger partial charge in [0.05, 0.1) is 11.3 Å². The van der Waals surface area contributed by atoms with Crippen LogP contribution >= 0.6 is 11.8 Å². The van der Waals surface area contributed by atoms with Gasteiger partial charge in [-0.3, -0.25) is 0 Å². The average Bonchev–Trinajstić information content (AvgIpc) is 2.37. The van der Waals surface area contributed by atoms with Crippen LogP contribution in [0.2, 0.25) is 0 Å². The van der Waals surface area contributed by atoms with Crippen LogP contribution in [0.15, 0.2) is 23.1 Å². The largest absolute Gasteiger partial charge is 0.396 e. The molecule has 3 nitrogen and oxygen atoms in total. The number of hydrogen-bond acceptors (Lipinski definition) is 4. The average molecular weight is 278 g/mol. The van der Waals surface area contributed by atoms with E-state index in [0.717, 1.165) is 29.3 Å². The molecule has 0 saturated heterocycles. The van der Waals surface area contributed by atoms with Gasteiger partial charge in [0.2, 0.25) is 0 Å². The van der Waals surface area contributed by atoms with Crippen LogP contribution in [0.1, 0.15) is 32.8 Å². The molecule has 19 heavy (non-hydrogen) atoms. The smallest absolute Gasteiger partial charge is 0.102 e. The van der Waals surface area contributed by atoms with Gasteiger partial charge in [-0.2, -0.15) is 5.26 Å². The number of hydrogen-bond donors (Lipinski definition) is 2. The number of nitrogens with zero attached hydrogens (tertiary/aromatic N) is 1. The number of benzene rings is 1. The Labute approximate surface area is 120 Å². The molecule has 0 aliphatic heterocycles. The zero-order valence-electron chi connectivity index (χ0n) is 11.9. The zero-order chi connectivity index (χ0) is 14.3. The second kappa shape index (κ2) is 7.42. The molecule has 0 atom stereocenters. The van der Waals surface area contributed by atoms with E-state index >= 15 is 0 Å². The number of rotatable bonds is 7. The summed E-state index contributed by atoms with van der Waals surface area (Å²) >= 11 is 1.68. The molecule has 0 bridgehead atoms. The maximum atomic E-state index is 9.32. The molecule has 0 amide bonds. The fourth-order valence-corrected chi connectivity index (χ4v) is 2.58. The first-order chi connectivity index (χ1) is 9.04. The topological polar surface area (TPSA) is 56.0 Å². The van der Waals surface area contributed by atoms with E-state index in [4.69, 9.17) is 5.11 Å². The zero-order valence-corrected chi connectivity index (χ0v) is 12.7. The van der Waals surface area contributed by atoms with Crippen LogP contribution in [0.25, 0.3) is 0 Å². The molecule has 2 N–H and O–H groups in total. The summed E-state index contributed by atoms with van der Waals surface area (Å²) in [4.78, 5) is 1.02. The van der Waals surface area contributed by atoms with E-state index in [-0.39, 0.29) is 12.0 Å². The van der Waals surface area contributed by atoms with E-state index in [9.17, 15) is 5.26 Å². The van der Waals surface area contributed by atoms with Crippen molar-refractivity contribution in [2.45, 2.75) is 32.1 Å². The molecule has 0 radical (unpaired) electrons. The van der Waals surface area contributed by atoms with Crippen molar-refractivity contribution in [1.29, 1.82) is 5.26 Å². The predicted octanol–water partition coefficient (Wildman–Crippen LogP) is 3.49. The number of anilines is 1. The van der Waals surface area contributed by atoms with E-state index in [1.807, 2.05) is 18.2 Å². The van der Waals surface area contributed by atoms with Crippen LogP contribution in [0.3, 0.4) is 0 Å². The Morgan fingerprint density at radius 1 is 1.42 bits per heavy atom. The number of nitrogens with one attached hydrogen (secondary N) is 1. The van der Waals surface area contributed by atoms with Crippen molar-refractivity contribution in [3.63, 3.8) is 0 Å². The maximum Gasteiger partial charge on any atom is 0.102 e. The van der Waals surface area contributed by atoms with Crippen molar-refractivity contribution < 1.29 is 5.11 Å². The summed E-state index contributed by atoms with van der Waals surface area (Å²) in [7, 11) is 0. The lowest BCUT2D eigenvalue weighted by Gasteiger charge is -2.25. The van der Waals surface area contributed by atoms with Gasteiger partial charge < -0.3 is 10.4 Å². The summed E-state index contributed by atoms with van der Waals surface area (Å²) in [5, 5.41) is 21.7. The van der Waals surface area contributed by atoms with Gasteiger partial charge in [0, 0.05) is 18.0 Å². The molecule has 0 aromatic heterocycles. The number of aliphatic hydroxyl groups is 1. The molecular weight excluding hydrogens is 256 g/mol. The third-order valence-corrected chi connectivity index (χ3v) is 3.92. The Bertz CT molecular complexity index is 452. The number of nitriles is 1. The van der Waals surface area contributed by atoms with Gasteiger partial charge in [0.25, 0.3) is 0 Å². The molecule has 104 valence electrons. The molecule has 0 fully saturated rings. The minimum atomic E-state index is 0.00931. The molecule has 4 heteroatoms. The number of aliphatic hydroxyl groups excluding tert-OH is 1. The van der Waals surface area contributed by atoms with Crippen molar-refractivity contribution in [3.05, 3.63) is 23.8 Å². The third-order valence-electron chi connectivity index (χ3n) is 2.98. The summed E-state index contributed by atoms with van der Waals surface area (Å²) in [5.74, 6) is 0.953. The van der Waals surface area contributed by atoms with Gasteiger partial charge in [-0.05, 0) is 29.7 Å². The van der Waals surface area contributed by atoms with Crippen LogP contribution in [0, 0.1) is 16.7 Å². The summed E-state index contributed by atoms with van der Waals surface area (Å²) in [6, 6.07) is 8.18. The van der Waals surface area contributed by atoms with Crippen molar-refractivity contribution in [3.8, 4) is 6.07 Å². The molecule has 0 spiro atoms. The van der Waals surface area contributed by atoms with Crippen LogP contribution in [-0.2, 0) is 0 Å². The van der Waals surface area contributed by atoms with Gasteiger partial charge in [-0.1, -0.05) is 26.8 Å². The second-order valence-electron chi connectivity index (χ2n) is 5.21. The molecule has 0 aliphatic rings. The van der Waals surface area contributed by atoms with Crippen LogP contribution < -0.4 is 5.32 Å². The van der Waals surface area contributed by atoms with Gasteiger partial charge in [-0.15, -0.1) is 11.8 Å². The summed E-state index contributed by atoms with van der Waals surface area (Å²) in [6.07, 6.45) is 0.741. The van der Waals surface area contributed by atoms with E-state index < -0.39 is 0 Å². The molecule has 1 aromatic rings. The minimum Gasteiger partial charge on any atom is -0.396 e. The van der Waals surface area contributed by atoms with Crippen molar-refractivity contribution >= 4 is 17.4 Å². The highest BCUT2D eigenvalue weighted by molar-refractivity contribution is 7.99. The van der Waals surface area contributed by atoms with Gasteiger partial charge in [-0.25, -0.2) is 0 Å². The SMILES string of the molecule is CCSc1cccc(NCC(C)(C)CCO)c1C#N. The van der Waals surface area contributed by atoms with E-state index in [1.165, 1.54) is 0 Å². The Morgan fingerprint density at radius 2 is 2.16 bits per heavy atom. The molecule has 0 saturated carbocycles. The standard InChI is InChI=1S/C15H22N2OS/c1-4-19-14-7-5-6-13(12(14)10-16)17-11-15(2,3)8-9-18/h5-7,17-18H,4,8-9,11H2,1-3H3. The highest BCUT2D eigenvalue weighted by atomic mass is 32.2. The van der Waals surface area contributed by atoms with E-state index in [2.05, 4.69) is 32.2 Å². The fraction of sp³-hybridized carbons (Fsp3) is 0.533. The Hall–Kier alpha value is -1.18. The van der Waals surface area contributed by atoms with Gasteiger partial charge >= 0.3 is 0 Å². The highest BCUT2D eigenvalue weighted by Crippen LogP contribution is 2.29. The number of thioether (sulfide) groups is 1. The second-order valence-corrected chi connectivity index (χ2v) is 6.52. The molecule has 1 rings (SSSR count). The summed E-state index contributed by atoms with van der Waals surface area (Å²) in [6.45, 7) is 7.21. The monoisotopic (exact) mass is 278 g/mol. The summed E-state index contributed by atoms with van der Waals surface area (Å²) < 4.78 is 0. The van der Waals surface area contributed by atoms with E-state index in [0.29, 0.717) is 5.56 Å². The lowest BCUT2D eigenvalue weighted by atomic mass is 9.89. The minimum absolute atomic E-state index is 0.00931. The normalized spacial score (nSPS) is 11.1. The molecule has 0 heterocycles. The Balaban J connectivity index is 2.84. The third kappa shape index (κ3) is 4.77. The molecule has 0 aliphatic carbocycles. The first-order valence-corrected chi connectivity index (χ1v) is 7.53. The van der Waals surface area contributed by atoms with Gasteiger partial charge in [0.1, 0.15) is 6.07 Å².